The SMILES string of the molecule is CCCC/C=C/CC/C=C/C(O)C(COP(=O)(O)OCCN)NC(=O)CCCCCCC/C=C\CCCCCCCC. The van der Waals surface area contributed by atoms with Gasteiger partial charge < -0.3 is 21.1 Å². The monoisotopic (exact) mass is 614 g/mol. The molecule has 42 heavy (non-hydrogen) atoms. The second kappa shape index (κ2) is 29.8. The number of aliphatic hydroxyl groups excluding tert-OH is 1. The Morgan fingerprint density at radius 3 is 1.90 bits per heavy atom. The van der Waals surface area contributed by atoms with Gasteiger partial charge in [0, 0.05) is 13.0 Å². The lowest BCUT2D eigenvalue weighted by Crippen LogP contribution is -2.45. The van der Waals surface area contributed by atoms with Gasteiger partial charge in [-0.15, -0.1) is 0 Å². The predicted octanol–water partition coefficient (Wildman–Crippen LogP) is 8.04. The quantitative estimate of drug-likeness (QED) is 0.0366. The number of allylic oxidation sites excluding steroid dienone is 5. The number of phosphoric ester groups is 1. The molecule has 0 radical (unpaired) electrons. The van der Waals surface area contributed by atoms with Gasteiger partial charge in [0.05, 0.1) is 25.4 Å². The summed E-state index contributed by atoms with van der Waals surface area (Å²) < 4.78 is 21.9. The Kier molecular flexibility index (Phi) is 28.9. The lowest BCUT2D eigenvalue weighted by Gasteiger charge is -2.23. The van der Waals surface area contributed by atoms with Crippen molar-refractivity contribution in [3.05, 3.63) is 36.5 Å². The lowest BCUT2D eigenvalue weighted by molar-refractivity contribution is -0.123. The van der Waals surface area contributed by atoms with Gasteiger partial charge in [-0.25, -0.2) is 4.57 Å². The van der Waals surface area contributed by atoms with E-state index in [0.29, 0.717) is 6.42 Å². The minimum Gasteiger partial charge on any atom is -0.387 e. The normalized spacial score (nSPS) is 15.1. The van der Waals surface area contributed by atoms with Gasteiger partial charge in [-0.2, -0.15) is 0 Å². The van der Waals surface area contributed by atoms with Gasteiger partial charge >= 0.3 is 7.82 Å². The van der Waals surface area contributed by atoms with Crippen LogP contribution in [0.4, 0.5) is 0 Å². The third-order valence-electron chi connectivity index (χ3n) is 6.94. The molecular weight excluding hydrogens is 551 g/mol. The molecule has 0 spiro atoms. The molecule has 3 atom stereocenters. The van der Waals surface area contributed by atoms with E-state index in [1.165, 1.54) is 64.2 Å². The summed E-state index contributed by atoms with van der Waals surface area (Å²) in [7, 11) is -4.33. The topological polar surface area (TPSA) is 131 Å². The van der Waals surface area contributed by atoms with Crippen molar-refractivity contribution in [2.24, 2.45) is 5.73 Å². The Labute approximate surface area is 257 Å². The minimum absolute atomic E-state index is 0.0717. The molecule has 246 valence electrons. The van der Waals surface area contributed by atoms with E-state index < -0.39 is 20.0 Å². The van der Waals surface area contributed by atoms with Crippen molar-refractivity contribution >= 4 is 13.7 Å². The number of carbonyl (C=O) groups is 1. The number of hydrogen-bond acceptors (Lipinski definition) is 6. The first-order chi connectivity index (χ1) is 20.4. The third kappa shape index (κ3) is 27.5. The average molecular weight is 615 g/mol. The first-order valence-electron chi connectivity index (χ1n) is 16.6. The molecule has 0 aromatic rings. The summed E-state index contributed by atoms with van der Waals surface area (Å²) in [6.07, 6.45) is 32.0. The Morgan fingerprint density at radius 1 is 0.762 bits per heavy atom. The van der Waals surface area contributed by atoms with E-state index in [4.69, 9.17) is 14.8 Å². The number of rotatable bonds is 30. The maximum Gasteiger partial charge on any atom is 0.472 e. The van der Waals surface area contributed by atoms with Gasteiger partial charge in [0.1, 0.15) is 0 Å². The number of amides is 1. The van der Waals surface area contributed by atoms with Gasteiger partial charge in [-0.3, -0.25) is 13.8 Å². The number of nitrogens with two attached hydrogens (primary N) is 1. The molecular formula is C33H63N2O6P. The zero-order chi connectivity index (χ0) is 31.2. The largest absolute Gasteiger partial charge is 0.472 e. The summed E-state index contributed by atoms with van der Waals surface area (Å²) in [5.74, 6) is -0.219. The van der Waals surface area contributed by atoms with Gasteiger partial charge in [0.25, 0.3) is 0 Å². The van der Waals surface area contributed by atoms with Crippen molar-refractivity contribution in [2.75, 3.05) is 19.8 Å². The van der Waals surface area contributed by atoms with Crippen LogP contribution in [-0.4, -0.2) is 47.8 Å². The molecule has 0 rings (SSSR count). The smallest absolute Gasteiger partial charge is 0.387 e. The summed E-state index contributed by atoms with van der Waals surface area (Å²) in [6, 6.07) is -0.876. The van der Waals surface area contributed by atoms with E-state index in [1.54, 1.807) is 6.08 Å². The van der Waals surface area contributed by atoms with Crippen LogP contribution in [-0.2, 0) is 18.4 Å². The predicted molar refractivity (Wildman–Crippen MR) is 175 cm³/mol. The van der Waals surface area contributed by atoms with E-state index in [1.807, 2.05) is 6.08 Å². The molecule has 1 amide bonds. The van der Waals surface area contributed by atoms with Gasteiger partial charge in [-0.05, 0) is 51.4 Å². The number of nitrogens with one attached hydrogen (secondary N) is 1. The molecule has 0 bridgehead atoms. The second-order valence-electron chi connectivity index (χ2n) is 11.0. The fourth-order valence-corrected chi connectivity index (χ4v) is 5.12. The maximum absolute atomic E-state index is 12.6. The van der Waals surface area contributed by atoms with E-state index >= 15 is 0 Å². The van der Waals surface area contributed by atoms with Crippen molar-refractivity contribution in [1.29, 1.82) is 0 Å². The first kappa shape index (κ1) is 40.7. The van der Waals surface area contributed by atoms with Crippen molar-refractivity contribution in [3.8, 4) is 0 Å². The standard InChI is InChI=1S/C33H63N2O6P/c1-3-5-7-9-11-13-14-15-16-17-18-19-21-23-25-27-33(37)35-31(30-41-42(38,39)40-29-28-34)32(36)26-24-22-20-12-10-8-6-4-2/h10,12,15-16,24,26,31-32,36H,3-9,11,13-14,17-23,25,27-30,34H2,1-2H3,(H,35,37)(H,38,39)/b12-10+,16-15-,26-24+. The van der Waals surface area contributed by atoms with Crippen LogP contribution >= 0.6 is 7.82 Å². The van der Waals surface area contributed by atoms with Crippen LogP contribution in [0, 0.1) is 0 Å². The van der Waals surface area contributed by atoms with Crippen molar-refractivity contribution in [3.63, 3.8) is 0 Å². The van der Waals surface area contributed by atoms with E-state index in [2.05, 4.69) is 43.5 Å². The number of hydrogen-bond donors (Lipinski definition) is 4. The highest BCUT2D eigenvalue weighted by atomic mass is 31.2. The van der Waals surface area contributed by atoms with Crippen LogP contribution < -0.4 is 11.1 Å². The van der Waals surface area contributed by atoms with Crippen molar-refractivity contribution in [2.45, 2.75) is 148 Å². The Morgan fingerprint density at radius 2 is 1.29 bits per heavy atom. The minimum atomic E-state index is -4.33. The molecule has 9 heteroatoms. The van der Waals surface area contributed by atoms with Crippen LogP contribution in [0.25, 0.3) is 0 Å². The number of phosphoric acid groups is 1. The van der Waals surface area contributed by atoms with Gasteiger partial charge in [0.15, 0.2) is 0 Å². The van der Waals surface area contributed by atoms with E-state index in [-0.39, 0.29) is 25.7 Å². The van der Waals surface area contributed by atoms with Crippen LogP contribution in [0.5, 0.6) is 0 Å². The van der Waals surface area contributed by atoms with Crippen molar-refractivity contribution < 1.29 is 28.4 Å². The fraction of sp³-hybridized carbons (Fsp3) is 0.788. The summed E-state index contributed by atoms with van der Waals surface area (Å²) in [5.41, 5.74) is 5.32. The van der Waals surface area contributed by atoms with Crippen LogP contribution in [0.15, 0.2) is 36.5 Å². The van der Waals surface area contributed by atoms with E-state index in [9.17, 15) is 19.4 Å². The molecule has 8 nitrogen and oxygen atoms in total. The lowest BCUT2D eigenvalue weighted by atomic mass is 10.1. The average Bonchev–Trinajstić information content (AvgIpc) is 2.97. The number of carbonyl (C=O) groups excluding carboxylic acids is 1. The molecule has 0 aromatic heterocycles. The summed E-state index contributed by atoms with van der Waals surface area (Å²) >= 11 is 0. The zero-order valence-corrected chi connectivity index (χ0v) is 27.6. The second-order valence-corrected chi connectivity index (χ2v) is 12.5. The van der Waals surface area contributed by atoms with Gasteiger partial charge in [-0.1, -0.05) is 115 Å². The molecule has 5 N–H and O–H groups in total. The summed E-state index contributed by atoms with van der Waals surface area (Å²) in [5, 5.41) is 13.4. The van der Waals surface area contributed by atoms with Gasteiger partial charge in [0.2, 0.25) is 5.91 Å². The highest BCUT2D eigenvalue weighted by molar-refractivity contribution is 7.47. The molecule has 0 aliphatic heterocycles. The van der Waals surface area contributed by atoms with Crippen LogP contribution in [0.2, 0.25) is 0 Å². The summed E-state index contributed by atoms with van der Waals surface area (Å²) in [6.45, 7) is 3.99. The Balaban J connectivity index is 4.36. The Bertz CT molecular complexity index is 759. The zero-order valence-electron chi connectivity index (χ0n) is 26.7. The number of aliphatic hydroxyl groups is 1. The highest BCUT2D eigenvalue weighted by Crippen LogP contribution is 2.43. The third-order valence-corrected chi connectivity index (χ3v) is 7.92. The summed E-state index contributed by atoms with van der Waals surface area (Å²) in [4.78, 5) is 22.4. The molecule has 3 unspecified atom stereocenters. The molecule has 0 saturated heterocycles. The fourth-order valence-electron chi connectivity index (χ4n) is 4.36. The molecule has 0 aliphatic rings. The number of unbranched alkanes of at least 4 members (excludes halogenated alkanes) is 14. The van der Waals surface area contributed by atoms with Crippen molar-refractivity contribution in [1.82, 2.24) is 5.32 Å². The van der Waals surface area contributed by atoms with Crippen LogP contribution in [0.1, 0.15) is 136 Å². The maximum atomic E-state index is 12.6. The highest BCUT2D eigenvalue weighted by Gasteiger charge is 2.26. The molecule has 0 heterocycles. The molecule has 0 aliphatic carbocycles. The van der Waals surface area contributed by atoms with Crippen LogP contribution in [0.3, 0.4) is 0 Å². The Hall–Kier alpha value is -1.28. The van der Waals surface area contributed by atoms with E-state index in [0.717, 1.165) is 51.4 Å². The molecule has 0 saturated carbocycles. The first-order valence-corrected chi connectivity index (χ1v) is 18.1. The molecule has 0 aromatic carbocycles. The molecule has 0 fully saturated rings.